The molecule has 1 saturated heterocycles. The van der Waals surface area contributed by atoms with E-state index in [2.05, 4.69) is 41.3 Å². The summed E-state index contributed by atoms with van der Waals surface area (Å²) in [6.07, 6.45) is 3.71. The second-order valence-corrected chi connectivity index (χ2v) is 8.67. The van der Waals surface area contributed by atoms with Crippen LogP contribution in [0.5, 0.6) is 11.5 Å². The molecular weight excluding hydrogens is 422 g/mol. The molecule has 0 saturated carbocycles. The van der Waals surface area contributed by atoms with E-state index >= 15 is 0 Å². The Balaban J connectivity index is 1.40. The zero-order valence-electron chi connectivity index (χ0n) is 19.7. The predicted molar refractivity (Wildman–Crippen MR) is 137 cm³/mol. The molecule has 4 aromatic rings. The molecule has 174 valence electrons. The van der Waals surface area contributed by atoms with Crippen LogP contribution in [0.1, 0.15) is 19.3 Å². The zero-order valence-corrected chi connectivity index (χ0v) is 19.7. The topological polar surface area (TPSA) is 39.5 Å². The standard InChI is InChI=1S/C29H31N3O2/c1-33-26-15-13-23(14-16-26)28-22-29(32(30-28)25-10-3-2-4-11-25)24-9-7-12-27(21-24)34-20-8-19-31-17-5-6-18-31/h2-4,7,9-16,21-22H,5-6,8,17-20H2,1H3. The van der Waals surface area contributed by atoms with Gasteiger partial charge in [-0.15, -0.1) is 0 Å². The van der Waals surface area contributed by atoms with Gasteiger partial charge < -0.3 is 14.4 Å². The fourth-order valence-electron chi connectivity index (χ4n) is 4.49. The van der Waals surface area contributed by atoms with Crippen molar-refractivity contribution in [2.75, 3.05) is 33.4 Å². The van der Waals surface area contributed by atoms with Gasteiger partial charge in [0.25, 0.3) is 0 Å². The summed E-state index contributed by atoms with van der Waals surface area (Å²) in [6.45, 7) is 4.31. The van der Waals surface area contributed by atoms with Crippen LogP contribution in [-0.4, -0.2) is 48.0 Å². The average Bonchev–Trinajstić information content (AvgIpc) is 3.58. The number of benzene rings is 3. The molecule has 0 radical (unpaired) electrons. The summed E-state index contributed by atoms with van der Waals surface area (Å²) >= 11 is 0. The van der Waals surface area contributed by atoms with Crippen molar-refractivity contribution in [3.8, 4) is 39.7 Å². The Hall–Kier alpha value is -3.57. The monoisotopic (exact) mass is 453 g/mol. The molecule has 0 unspecified atom stereocenters. The van der Waals surface area contributed by atoms with Crippen molar-refractivity contribution in [2.24, 2.45) is 0 Å². The minimum atomic E-state index is 0.731. The maximum Gasteiger partial charge on any atom is 0.119 e. The Morgan fingerprint density at radius 1 is 0.794 bits per heavy atom. The Kier molecular flexibility index (Phi) is 6.91. The van der Waals surface area contributed by atoms with Crippen LogP contribution >= 0.6 is 0 Å². The van der Waals surface area contributed by atoms with Crippen LogP contribution in [0.4, 0.5) is 0 Å². The van der Waals surface area contributed by atoms with E-state index in [0.717, 1.165) is 59.3 Å². The zero-order chi connectivity index (χ0) is 23.2. The molecule has 0 spiro atoms. The molecule has 34 heavy (non-hydrogen) atoms. The third-order valence-corrected chi connectivity index (χ3v) is 6.31. The maximum absolute atomic E-state index is 6.12. The van der Waals surface area contributed by atoms with Crippen LogP contribution in [0, 0.1) is 0 Å². The van der Waals surface area contributed by atoms with E-state index in [0.29, 0.717) is 0 Å². The number of ether oxygens (including phenoxy) is 2. The van der Waals surface area contributed by atoms with Gasteiger partial charge in [-0.05, 0) is 86.9 Å². The average molecular weight is 454 g/mol. The number of nitrogens with zero attached hydrogens (tertiary/aromatic N) is 3. The maximum atomic E-state index is 6.12. The van der Waals surface area contributed by atoms with E-state index in [1.165, 1.54) is 25.9 Å². The summed E-state index contributed by atoms with van der Waals surface area (Å²) in [7, 11) is 1.68. The van der Waals surface area contributed by atoms with Crippen molar-refractivity contribution < 1.29 is 9.47 Å². The van der Waals surface area contributed by atoms with Gasteiger partial charge in [0.1, 0.15) is 11.5 Å². The smallest absolute Gasteiger partial charge is 0.119 e. The fourth-order valence-corrected chi connectivity index (χ4v) is 4.49. The lowest BCUT2D eigenvalue weighted by atomic mass is 10.1. The Bertz CT molecular complexity index is 1200. The van der Waals surface area contributed by atoms with Gasteiger partial charge in [-0.2, -0.15) is 5.10 Å². The molecule has 5 nitrogen and oxygen atoms in total. The SMILES string of the molecule is COc1ccc(-c2cc(-c3cccc(OCCCN4CCCC4)c3)n(-c3ccccc3)n2)cc1. The Labute approximate surface area is 201 Å². The van der Waals surface area contributed by atoms with Crippen molar-refractivity contribution in [3.05, 3.63) is 84.9 Å². The lowest BCUT2D eigenvalue weighted by molar-refractivity contribution is 0.263. The van der Waals surface area contributed by atoms with E-state index in [1.807, 2.05) is 53.2 Å². The van der Waals surface area contributed by atoms with Gasteiger partial charge >= 0.3 is 0 Å². The normalized spacial score (nSPS) is 13.8. The molecular formula is C29H31N3O2. The van der Waals surface area contributed by atoms with Gasteiger partial charge in [0.15, 0.2) is 0 Å². The van der Waals surface area contributed by atoms with Crippen LogP contribution in [0.3, 0.4) is 0 Å². The summed E-state index contributed by atoms with van der Waals surface area (Å²) in [6, 6.07) is 28.7. The highest BCUT2D eigenvalue weighted by atomic mass is 16.5. The largest absolute Gasteiger partial charge is 0.497 e. The lowest BCUT2D eigenvalue weighted by Gasteiger charge is -2.14. The first kappa shape index (κ1) is 22.2. The first-order valence-electron chi connectivity index (χ1n) is 12.1. The van der Waals surface area contributed by atoms with Crippen LogP contribution in [0.15, 0.2) is 84.9 Å². The minimum Gasteiger partial charge on any atom is -0.497 e. The Morgan fingerprint density at radius 2 is 1.59 bits per heavy atom. The van der Waals surface area contributed by atoms with Gasteiger partial charge in [0, 0.05) is 17.7 Å². The van der Waals surface area contributed by atoms with Gasteiger partial charge in [-0.25, -0.2) is 4.68 Å². The Morgan fingerprint density at radius 3 is 2.35 bits per heavy atom. The molecule has 1 fully saturated rings. The molecule has 5 heteroatoms. The number of rotatable bonds is 9. The van der Waals surface area contributed by atoms with Crippen LogP contribution in [-0.2, 0) is 0 Å². The van der Waals surface area contributed by atoms with Gasteiger partial charge in [0.2, 0.25) is 0 Å². The van der Waals surface area contributed by atoms with E-state index < -0.39 is 0 Å². The molecule has 3 aromatic carbocycles. The summed E-state index contributed by atoms with van der Waals surface area (Å²) in [5, 5.41) is 4.96. The fraction of sp³-hybridized carbons (Fsp3) is 0.276. The molecule has 0 bridgehead atoms. The van der Waals surface area contributed by atoms with Crippen molar-refractivity contribution in [2.45, 2.75) is 19.3 Å². The third kappa shape index (κ3) is 5.15. The first-order valence-corrected chi connectivity index (χ1v) is 12.1. The number of methoxy groups -OCH3 is 1. The van der Waals surface area contributed by atoms with E-state index in [9.17, 15) is 0 Å². The molecule has 1 aliphatic rings. The molecule has 0 N–H and O–H groups in total. The molecule has 0 amide bonds. The van der Waals surface area contributed by atoms with Crippen molar-refractivity contribution in [1.29, 1.82) is 0 Å². The highest BCUT2D eigenvalue weighted by Crippen LogP contribution is 2.31. The van der Waals surface area contributed by atoms with Crippen LogP contribution < -0.4 is 9.47 Å². The number of aromatic nitrogens is 2. The van der Waals surface area contributed by atoms with E-state index in [1.54, 1.807) is 7.11 Å². The number of hydrogen-bond acceptors (Lipinski definition) is 4. The summed E-state index contributed by atoms with van der Waals surface area (Å²) in [4.78, 5) is 2.53. The summed E-state index contributed by atoms with van der Waals surface area (Å²) in [5.74, 6) is 1.73. The van der Waals surface area contributed by atoms with Crippen LogP contribution in [0.2, 0.25) is 0 Å². The molecule has 1 aliphatic heterocycles. The first-order chi connectivity index (χ1) is 16.8. The summed E-state index contributed by atoms with van der Waals surface area (Å²) < 4.78 is 13.4. The quantitative estimate of drug-likeness (QED) is 0.288. The van der Waals surface area contributed by atoms with E-state index in [-0.39, 0.29) is 0 Å². The minimum absolute atomic E-state index is 0.731. The van der Waals surface area contributed by atoms with Crippen molar-refractivity contribution >= 4 is 0 Å². The van der Waals surface area contributed by atoms with Crippen molar-refractivity contribution in [3.63, 3.8) is 0 Å². The lowest BCUT2D eigenvalue weighted by Crippen LogP contribution is -2.21. The molecule has 1 aromatic heterocycles. The highest BCUT2D eigenvalue weighted by molar-refractivity contribution is 5.71. The molecule has 0 atom stereocenters. The molecule has 2 heterocycles. The van der Waals surface area contributed by atoms with Gasteiger partial charge in [0.05, 0.1) is 30.8 Å². The molecule has 5 rings (SSSR count). The summed E-state index contributed by atoms with van der Waals surface area (Å²) in [5.41, 5.74) is 5.09. The predicted octanol–water partition coefficient (Wildman–Crippen LogP) is 6.08. The third-order valence-electron chi connectivity index (χ3n) is 6.31. The second kappa shape index (κ2) is 10.6. The number of para-hydroxylation sites is 1. The second-order valence-electron chi connectivity index (χ2n) is 8.67. The van der Waals surface area contributed by atoms with Gasteiger partial charge in [-0.3, -0.25) is 0 Å². The van der Waals surface area contributed by atoms with Crippen LogP contribution in [0.25, 0.3) is 28.2 Å². The molecule has 0 aliphatic carbocycles. The van der Waals surface area contributed by atoms with Gasteiger partial charge in [-0.1, -0.05) is 30.3 Å². The highest BCUT2D eigenvalue weighted by Gasteiger charge is 2.14. The number of likely N-dealkylation sites (tertiary alicyclic amines) is 1. The van der Waals surface area contributed by atoms with Crippen molar-refractivity contribution in [1.82, 2.24) is 14.7 Å². The number of hydrogen-bond donors (Lipinski definition) is 0. The van der Waals surface area contributed by atoms with E-state index in [4.69, 9.17) is 14.6 Å².